The summed E-state index contributed by atoms with van der Waals surface area (Å²) in [6, 6.07) is 31.8. The van der Waals surface area contributed by atoms with Crippen LogP contribution in [0.1, 0.15) is 98.2 Å². The second kappa shape index (κ2) is 20.0. The van der Waals surface area contributed by atoms with Gasteiger partial charge >= 0.3 is 5.97 Å². The van der Waals surface area contributed by atoms with E-state index in [-0.39, 0.29) is 29.4 Å². The van der Waals surface area contributed by atoms with Crippen molar-refractivity contribution in [3.8, 4) is 0 Å². The smallest absolute Gasteiger partial charge is 0.309 e. The molecule has 3 aromatic carbocycles. The summed E-state index contributed by atoms with van der Waals surface area (Å²) in [6.45, 7) is 24.3. The molecule has 1 N–H and O–H groups in total. The first-order valence-corrected chi connectivity index (χ1v) is 27.2. The van der Waals surface area contributed by atoms with Crippen molar-refractivity contribution >= 4 is 55.6 Å². The van der Waals surface area contributed by atoms with Crippen LogP contribution in [0.2, 0.25) is 18.1 Å². The third-order valence-electron chi connectivity index (χ3n) is 12.9. The maximum atomic E-state index is 14.1. The lowest BCUT2D eigenvalue weighted by atomic mass is 9.71. The number of hydrogen-bond donors (Lipinski definition) is 1. The van der Waals surface area contributed by atoms with Gasteiger partial charge in [0, 0.05) is 23.1 Å². The van der Waals surface area contributed by atoms with Gasteiger partial charge in [-0.05, 0) is 84.4 Å². The van der Waals surface area contributed by atoms with E-state index in [0.717, 1.165) is 51.1 Å². The molecule has 5 rings (SSSR count). The Labute approximate surface area is 361 Å². The molecule has 0 radical (unpaired) electrons. The molecule has 6 atom stereocenters. The molecule has 6 nitrogen and oxygen atoms in total. The van der Waals surface area contributed by atoms with Crippen LogP contribution in [0.4, 0.5) is 0 Å². The fourth-order valence-corrected chi connectivity index (χ4v) is 14.6. The number of nitrogens with zero attached hydrogens (tertiary/aromatic N) is 1. The number of allylic oxidation sites excluding steroid dienone is 1. The Bertz CT molecular complexity index is 1890. The summed E-state index contributed by atoms with van der Waals surface area (Å²) in [6.07, 6.45) is 7.32. The minimum atomic E-state index is -3.31. The van der Waals surface area contributed by atoms with Gasteiger partial charge < -0.3 is 18.7 Å². The van der Waals surface area contributed by atoms with Crippen LogP contribution in [-0.2, 0) is 18.4 Å². The maximum absolute atomic E-state index is 14.1. The van der Waals surface area contributed by atoms with Gasteiger partial charge in [-0.2, -0.15) is 0 Å². The number of hydrogen-bond acceptors (Lipinski definition) is 7. The van der Waals surface area contributed by atoms with Gasteiger partial charge in [0.15, 0.2) is 8.32 Å². The van der Waals surface area contributed by atoms with Gasteiger partial charge in [-0.25, -0.2) is 4.98 Å². The van der Waals surface area contributed by atoms with Crippen LogP contribution < -0.4 is 15.6 Å². The minimum absolute atomic E-state index is 0.0162. The molecule has 0 amide bonds. The van der Waals surface area contributed by atoms with E-state index in [1.165, 1.54) is 0 Å². The van der Waals surface area contributed by atoms with Gasteiger partial charge in [0.05, 0.1) is 35.4 Å². The van der Waals surface area contributed by atoms with Gasteiger partial charge in [-0.1, -0.05) is 152 Å². The standard InChI is InChI=1S/C50H69NO5SSi2/c1-36-25-17-12-13-24-32-44(37(2)33-40-35-57-39(4)51-40)54-46(53)34-45(52)50(8,9)48(38(3)47(36)55-58(10,11)49(5,6)7)56-59(41-26-18-14-19-27-41,42-28-20-15-21-29-42)43-30-22-16-23-31-43/h13-16,18-24,26-31,33,35-36,38,44-45,47-48,52H,12,17,25,32,34H2,1-11H3/b24-13+,37-33-/t36-,38+,44-,45-,47-,48?/m0/s1. The number of aryl methyl sites for hydroxylation is 1. The Kier molecular flexibility index (Phi) is 15.8. The zero-order valence-electron chi connectivity index (χ0n) is 37.4. The molecule has 1 unspecified atom stereocenters. The molecule has 2 heterocycles. The largest absolute Gasteiger partial charge is 0.457 e. The SMILES string of the molecule is C/C(=C/c1csc(C)n1)[C@@H]1C/C=C/CCC[C@H](C)[C@H](O[Si](C)(C)C(C)(C)C)[C@@H](C)C(O[Si](c2ccccc2)(c2ccccc2)c2ccccc2)C(C)(C)[C@@H](O)CC(=O)O1. The van der Waals surface area contributed by atoms with Gasteiger partial charge in [-0.3, -0.25) is 4.79 Å². The third kappa shape index (κ3) is 11.3. The molecule has 1 aromatic heterocycles. The molecule has 4 aromatic rings. The van der Waals surface area contributed by atoms with Crippen molar-refractivity contribution < 1.29 is 23.5 Å². The summed E-state index contributed by atoms with van der Waals surface area (Å²) in [7, 11) is -5.62. The van der Waals surface area contributed by atoms with E-state index < -0.39 is 46.3 Å². The van der Waals surface area contributed by atoms with Crippen molar-refractivity contribution in [3.05, 3.63) is 125 Å². The second-order valence-electron chi connectivity index (χ2n) is 18.8. The Morgan fingerprint density at radius 3 is 1.93 bits per heavy atom. The molecule has 0 spiro atoms. The number of aliphatic hydroxyl groups is 1. The monoisotopic (exact) mass is 851 g/mol. The molecule has 0 fully saturated rings. The van der Waals surface area contributed by atoms with E-state index in [1.54, 1.807) is 11.3 Å². The van der Waals surface area contributed by atoms with Crippen molar-refractivity contribution in [3.63, 3.8) is 0 Å². The fourth-order valence-electron chi connectivity index (χ4n) is 8.26. The number of thiazole rings is 1. The summed E-state index contributed by atoms with van der Waals surface area (Å²) >= 11 is 1.60. The summed E-state index contributed by atoms with van der Waals surface area (Å²) in [5.41, 5.74) is 0.847. The molecule has 0 saturated heterocycles. The van der Waals surface area contributed by atoms with E-state index in [0.29, 0.717) is 6.42 Å². The number of esters is 1. The lowest BCUT2D eigenvalue weighted by Gasteiger charge is -2.51. The Hall–Kier alpha value is -3.45. The second-order valence-corrected chi connectivity index (χ2v) is 28.0. The average Bonchev–Trinajstić information content (AvgIpc) is 3.61. The normalized spacial score (nSPS) is 24.9. The van der Waals surface area contributed by atoms with Crippen LogP contribution in [0.25, 0.3) is 6.08 Å². The van der Waals surface area contributed by atoms with E-state index in [4.69, 9.17) is 13.6 Å². The lowest BCUT2D eigenvalue weighted by molar-refractivity contribution is -0.154. The van der Waals surface area contributed by atoms with E-state index in [2.05, 4.69) is 170 Å². The molecule has 59 heavy (non-hydrogen) atoms. The fraction of sp³-hybridized carbons (Fsp3) is 0.480. The quantitative estimate of drug-likeness (QED) is 0.0782. The molecular formula is C50H69NO5SSi2. The highest BCUT2D eigenvalue weighted by Gasteiger charge is 2.53. The van der Waals surface area contributed by atoms with Crippen molar-refractivity contribution in [2.24, 2.45) is 17.3 Å². The maximum Gasteiger partial charge on any atom is 0.309 e. The predicted molar refractivity (Wildman–Crippen MR) is 252 cm³/mol. The Morgan fingerprint density at radius 2 is 1.44 bits per heavy atom. The summed E-state index contributed by atoms with van der Waals surface area (Å²) in [5, 5.41) is 18.9. The number of aromatic nitrogens is 1. The van der Waals surface area contributed by atoms with Crippen molar-refractivity contribution in [1.29, 1.82) is 0 Å². The molecular weight excluding hydrogens is 783 g/mol. The number of carbonyl (C=O) groups is 1. The molecule has 1 aliphatic heterocycles. The zero-order chi connectivity index (χ0) is 43.0. The van der Waals surface area contributed by atoms with Crippen LogP contribution in [0.15, 0.2) is 114 Å². The van der Waals surface area contributed by atoms with Gasteiger partial charge in [0.2, 0.25) is 0 Å². The van der Waals surface area contributed by atoms with Crippen molar-refractivity contribution in [2.45, 2.75) is 137 Å². The number of cyclic esters (lactones) is 1. The highest BCUT2D eigenvalue weighted by atomic mass is 32.1. The molecule has 9 heteroatoms. The van der Waals surface area contributed by atoms with E-state index in [1.807, 2.05) is 25.3 Å². The Balaban J connectivity index is 1.68. The number of rotatable bonds is 9. The molecule has 1 aliphatic rings. The topological polar surface area (TPSA) is 77.9 Å². The number of benzene rings is 3. The van der Waals surface area contributed by atoms with Gasteiger partial charge in [-0.15, -0.1) is 11.3 Å². The molecule has 318 valence electrons. The van der Waals surface area contributed by atoms with Crippen LogP contribution >= 0.6 is 11.3 Å². The Morgan fingerprint density at radius 1 is 0.898 bits per heavy atom. The highest BCUT2D eigenvalue weighted by Crippen LogP contribution is 2.44. The minimum Gasteiger partial charge on any atom is -0.457 e. The zero-order valence-corrected chi connectivity index (χ0v) is 40.2. The first kappa shape index (κ1) is 46.6. The van der Waals surface area contributed by atoms with Crippen LogP contribution in [-0.4, -0.2) is 57.1 Å². The van der Waals surface area contributed by atoms with E-state index in [9.17, 15) is 9.90 Å². The molecule has 0 aliphatic carbocycles. The van der Waals surface area contributed by atoms with Crippen LogP contribution in [0, 0.1) is 24.2 Å². The summed E-state index contributed by atoms with van der Waals surface area (Å²) < 4.78 is 21.9. The first-order chi connectivity index (χ1) is 27.9. The highest BCUT2D eigenvalue weighted by molar-refractivity contribution is 7.09. The number of carbonyl (C=O) groups excluding carboxylic acids is 1. The van der Waals surface area contributed by atoms with Crippen molar-refractivity contribution in [2.75, 3.05) is 0 Å². The van der Waals surface area contributed by atoms with E-state index >= 15 is 0 Å². The lowest BCUT2D eigenvalue weighted by Crippen LogP contribution is -2.72. The summed E-state index contributed by atoms with van der Waals surface area (Å²) in [5.74, 6) is -0.416. The van der Waals surface area contributed by atoms with Gasteiger partial charge in [0.25, 0.3) is 8.32 Å². The molecule has 0 saturated carbocycles. The predicted octanol–water partition coefficient (Wildman–Crippen LogP) is 10.4. The number of ether oxygens (including phenoxy) is 1. The number of aliphatic hydroxyl groups excluding tert-OH is 1. The third-order valence-corrected chi connectivity index (χ3v) is 22.2. The first-order valence-electron chi connectivity index (χ1n) is 21.5. The van der Waals surface area contributed by atoms with Crippen LogP contribution in [0.3, 0.4) is 0 Å². The average molecular weight is 852 g/mol. The van der Waals surface area contributed by atoms with Gasteiger partial charge in [0.1, 0.15) is 6.10 Å². The summed E-state index contributed by atoms with van der Waals surface area (Å²) in [4.78, 5) is 18.7. The van der Waals surface area contributed by atoms with Crippen LogP contribution in [0.5, 0.6) is 0 Å². The molecule has 0 bridgehead atoms. The van der Waals surface area contributed by atoms with Crippen molar-refractivity contribution in [1.82, 2.24) is 4.98 Å².